The predicted octanol–water partition coefficient (Wildman–Crippen LogP) is 0.294. The number of carbonyl (C=O) groups is 3. The summed E-state index contributed by atoms with van der Waals surface area (Å²) in [5.41, 5.74) is 8.12. The molecule has 268 valence electrons. The van der Waals surface area contributed by atoms with Crippen LogP contribution >= 0.6 is 11.3 Å². The van der Waals surface area contributed by atoms with Gasteiger partial charge in [0.2, 0.25) is 0 Å². The molecule has 1 aromatic carbocycles. The number of carboxylic acid groups (broad SMARTS) is 1. The number of aromatic nitrogens is 1. The molecule has 0 radical (unpaired) electrons. The number of amidine groups is 1. The fourth-order valence-electron chi connectivity index (χ4n) is 4.67. The maximum atomic E-state index is 13.8. The lowest BCUT2D eigenvalue weighted by Gasteiger charge is -2.50. The number of β-lactam (4-membered cyclic amide) rings is 1. The fraction of sp³-hybridized carbons (Fsp3) is 0.462. The van der Waals surface area contributed by atoms with Crippen molar-refractivity contribution >= 4 is 56.2 Å². The number of carbonyl (C=O) groups excluding carboxylic acids is 2. The van der Waals surface area contributed by atoms with Gasteiger partial charge >= 0.3 is 22.5 Å². The largest absolute Gasteiger partial charge is 0.489 e. The Balaban J connectivity index is 1.53. The highest BCUT2D eigenvalue weighted by Crippen LogP contribution is 2.38. The van der Waals surface area contributed by atoms with Gasteiger partial charge in [-0.25, -0.2) is 9.78 Å². The number of nitrogens with zero attached hydrogens (tertiary/aromatic N) is 4. The van der Waals surface area contributed by atoms with Gasteiger partial charge in [0.05, 0.1) is 11.6 Å². The molecule has 0 unspecified atom stereocenters. The molecule has 2 aromatic rings. The molecule has 0 aliphatic carbocycles. The van der Waals surface area contributed by atoms with E-state index in [0.29, 0.717) is 17.9 Å². The van der Waals surface area contributed by atoms with Crippen molar-refractivity contribution < 1.29 is 59.5 Å². The van der Waals surface area contributed by atoms with Gasteiger partial charge in [-0.1, -0.05) is 16.5 Å². The fourth-order valence-corrected chi connectivity index (χ4v) is 5.83. The van der Waals surface area contributed by atoms with Gasteiger partial charge in [-0.05, 0) is 57.5 Å². The van der Waals surface area contributed by atoms with Crippen molar-refractivity contribution in [3.8, 4) is 5.75 Å². The summed E-state index contributed by atoms with van der Waals surface area (Å²) in [7, 11) is -5.16. The van der Waals surface area contributed by atoms with Crippen LogP contribution in [0.1, 0.15) is 42.8 Å². The van der Waals surface area contributed by atoms with Crippen LogP contribution in [0.25, 0.3) is 0 Å². The van der Waals surface area contributed by atoms with E-state index >= 15 is 0 Å². The number of nitrogens with one attached hydrogen (secondary N) is 2. The molecule has 0 saturated carbocycles. The van der Waals surface area contributed by atoms with E-state index < -0.39 is 80.1 Å². The standard InChI is InChI=1S/C26H31F3N8O10S2/c1-25(2)18(22(39)37(25)47-49(42,43)44)35-21(38)17(16-19(26(27,28)29)48-24(31)34-16)36-46-15(23(40)41)11-45-14-7-5-12(6-8-14)20(30)33-13-4-3-9-32-10-13/h5-8,13,15,18,32H,3-4,9-11H2,1-2H3,(H2,30,33)(H2,31,34)(H,35,38)(H,40,41)(H,42,43,44)/b36-17-/t13-,15+,18-/m1/s1. The van der Waals surface area contributed by atoms with Crippen molar-refractivity contribution in [2.24, 2.45) is 15.9 Å². The summed E-state index contributed by atoms with van der Waals surface area (Å²) in [4.78, 5) is 49.2. The van der Waals surface area contributed by atoms with Crippen LogP contribution in [0.3, 0.4) is 0 Å². The normalized spacial score (nSPS) is 20.7. The van der Waals surface area contributed by atoms with Gasteiger partial charge in [0.25, 0.3) is 17.9 Å². The van der Waals surface area contributed by atoms with Crippen LogP contribution < -0.4 is 26.8 Å². The van der Waals surface area contributed by atoms with Crippen molar-refractivity contribution in [3.05, 3.63) is 40.4 Å². The molecule has 2 aliphatic rings. The summed E-state index contributed by atoms with van der Waals surface area (Å²) in [6.07, 6.45) is -5.25. The van der Waals surface area contributed by atoms with E-state index in [1.807, 2.05) is 0 Å². The maximum Gasteiger partial charge on any atom is 0.427 e. The number of anilines is 1. The SMILES string of the molecule is CC1(C)[C@H](NC(=O)/C(=N\O[C@@H](COc2ccc(C(N)=N[C@@H]3CCCNC3)cc2)C(=O)O)c2nc(N)sc2C(F)(F)F)C(=O)N1OS(=O)(=O)O. The number of nitrogens with two attached hydrogens (primary N) is 2. The maximum absolute atomic E-state index is 13.8. The molecule has 3 atom stereocenters. The highest BCUT2D eigenvalue weighted by atomic mass is 32.3. The highest BCUT2D eigenvalue weighted by molar-refractivity contribution is 7.80. The lowest BCUT2D eigenvalue weighted by molar-refractivity contribution is -0.218. The van der Waals surface area contributed by atoms with Crippen molar-refractivity contribution in [3.63, 3.8) is 0 Å². The van der Waals surface area contributed by atoms with Crippen LogP contribution in [0.2, 0.25) is 0 Å². The Morgan fingerprint density at radius 2 is 1.96 bits per heavy atom. The van der Waals surface area contributed by atoms with Crippen LogP contribution in [0.5, 0.6) is 5.75 Å². The molecule has 8 N–H and O–H groups in total. The van der Waals surface area contributed by atoms with E-state index in [1.165, 1.54) is 26.0 Å². The number of rotatable bonds is 13. The zero-order chi connectivity index (χ0) is 36.3. The topological polar surface area (TPSA) is 270 Å². The molecule has 18 nitrogen and oxygen atoms in total. The second-order valence-corrected chi connectivity index (χ2v) is 13.2. The second-order valence-electron chi connectivity index (χ2n) is 11.1. The first-order valence-electron chi connectivity index (χ1n) is 14.2. The number of halogens is 3. The van der Waals surface area contributed by atoms with Crippen molar-refractivity contribution in [1.82, 2.24) is 20.7 Å². The van der Waals surface area contributed by atoms with E-state index in [1.54, 1.807) is 12.1 Å². The first kappa shape index (κ1) is 37.2. The molecule has 2 saturated heterocycles. The minimum atomic E-state index is -5.16. The van der Waals surface area contributed by atoms with Gasteiger partial charge < -0.3 is 36.8 Å². The summed E-state index contributed by atoms with van der Waals surface area (Å²) in [5.74, 6) is -3.97. The Hall–Kier alpha value is -4.58. The molecule has 3 heterocycles. The molecule has 2 fully saturated rings. The number of oxime groups is 1. The third-order valence-corrected chi connectivity index (χ3v) is 8.42. The third-order valence-electron chi connectivity index (χ3n) is 7.15. The average molecular weight is 737 g/mol. The lowest BCUT2D eigenvalue weighted by atomic mass is 9.84. The van der Waals surface area contributed by atoms with Crippen molar-refractivity contribution in [2.75, 3.05) is 25.4 Å². The van der Waals surface area contributed by atoms with Crippen molar-refractivity contribution in [2.45, 2.75) is 56.6 Å². The summed E-state index contributed by atoms with van der Waals surface area (Å²) >= 11 is -0.0524. The van der Waals surface area contributed by atoms with Gasteiger partial charge in [0, 0.05) is 12.1 Å². The van der Waals surface area contributed by atoms with Crippen LogP contribution in [-0.4, -0.2) is 101 Å². The van der Waals surface area contributed by atoms with Gasteiger partial charge in [0.15, 0.2) is 10.8 Å². The Kier molecular flexibility index (Phi) is 11.0. The number of hydrogen-bond acceptors (Lipinski definition) is 14. The Labute approximate surface area is 280 Å². The molecular formula is C26H31F3N8O10S2. The monoisotopic (exact) mass is 736 g/mol. The number of amides is 2. The second kappa shape index (κ2) is 14.5. The van der Waals surface area contributed by atoms with Gasteiger partial charge in [-0.3, -0.25) is 19.1 Å². The van der Waals surface area contributed by atoms with Crippen LogP contribution in [0, 0.1) is 0 Å². The lowest BCUT2D eigenvalue weighted by Crippen LogP contribution is -2.76. The molecule has 49 heavy (non-hydrogen) atoms. The van der Waals surface area contributed by atoms with Crippen LogP contribution in [0.15, 0.2) is 34.4 Å². The Morgan fingerprint density at radius 1 is 1.29 bits per heavy atom. The zero-order valence-corrected chi connectivity index (χ0v) is 27.3. The quantitative estimate of drug-likeness (QED) is 0.0531. The van der Waals surface area contributed by atoms with E-state index in [9.17, 15) is 41.1 Å². The molecule has 2 amide bonds. The molecule has 0 bridgehead atoms. The van der Waals surface area contributed by atoms with E-state index in [4.69, 9.17) is 25.6 Å². The first-order valence-corrected chi connectivity index (χ1v) is 16.4. The summed E-state index contributed by atoms with van der Waals surface area (Å²) in [6, 6.07) is 4.50. The van der Waals surface area contributed by atoms with E-state index in [0.717, 1.165) is 19.4 Å². The number of piperidine rings is 1. The number of thiazole rings is 1. The molecule has 1 aromatic heterocycles. The summed E-state index contributed by atoms with van der Waals surface area (Å²) in [5, 5.41) is 17.9. The number of benzene rings is 1. The molecule has 4 rings (SSSR count). The van der Waals surface area contributed by atoms with E-state index in [2.05, 4.69) is 30.0 Å². The number of hydroxylamine groups is 2. The number of carboxylic acids is 1. The number of hydrogen-bond donors (Lipinski definition) is 6. The smallest absolute Gasteiger partial charge is 0.427 e. The Morgan fingerprint density at radius 3 is 2.51 bits per heavy atom. The number of aliphatic imine (C=N–C) groups is 1. The average Bonchev–Trinajstić information content (AvgIpc) is 3.42. The number of ether oxygens (including phenoxy) is 1. The minimum absolute atomic E-state index is 0.0214. The third kappa shape index (κ3) is 9.11. The molecular weight excluding hydrogens is 705 g/mol. The predicted molar refractivity (Wildman–Crippen MR) is 165 cm³/mol. The van der Waals surface area contributed by atoms with Crippen LogP contribution in [-0.2, 0) is 40.1 Å². The van der Waals surface area contributed by atoms with Gasteiger partial charge in [-0.2, -0.15) is 26.7 Å². The van der Waals surface area contributed by atoms with Crippen LogP contribution in [0.4, 0.5) is 18.3 Å². The van der Waals surface area contributed by atoms with Crippen molar-refractivity contribution in [1.29, 1.82) is 0 Å². The Bertz CT molecular complexity index is 1740. The first-order chi connectivity index (χ1) is 22.8. The summed E-state index contributed by atoms with van der Waals surface area (Å²) in [6.45, 7) is 3.24. The van der Waals surface area contributed by atoms with E-state index in [-0.39, 0.29) is 28.2 Å². The summed E-state index contributed by atoms with van der Waals surface area (Å²) < 4.78 is 82.3. The van der Waals surface area contributed by atoms with Gasteiger partial charge in [-0.15, -0.1) is 4.28 Å². The molecule has 2 aliphatic heterocycles. The number of aliphatic carboxylic acids is 1. The highest BCUT2D eigenvalue weighted by Gasteiger charge is 2.58. The molecule has 23 heteroatoms. The minimum Gasteiger partial charge on any atom is -0.489 e. The number of nitrogen functional groups attached to an aromatic ring is 1. The molecule has 0 spiro atoms. The zero-order valence-electron chi connectivity index (χ0n) is 25.6. The number of alkyl halides is 3. The van der Waals surface area contributed by atoms with Gasteiger partial charge in [0.1, 0.15) is 34.8 Å².